The predicted octanol–water partition coefficient (Wildman–Crippen LogP) is 10.1. The number of fused-ring (bicyclic) bond motifs is 9. The molecule has 0 bridgehead atoms. The Bertz CT molecular complexity index is 2540. The second-order valence-electron chi connectivity index (χ2n) is 16.4. The zero-order valence-electron chi connectivity index (χ0n) is 29.4. The third-order valence-electron chi connectivity index (χ3n) is 11.2. The molecule has 3 aliphatic heterocycles. The van der Waals surface area contributed by atoms with Gasteiger partial charge >= 0.3 is 0 Å². The van der Waals surface area contributed by atoms with E-state index < -0.39 is 0 Å². The standard InChI is InChI=1S/C45H40BN3/c1-27-24-39-41-40(25-27)49-37-16-10-13-32-31-12-8-9-15-35(31)48(42(32)37)38-17-11-14-33(43(38)49)46(41)34-26-29(45(5,6)7)20-23-36(34)47(39)30-21-18-28(19-22-30)44(2,3)4/h8-26H,1-7H3. The zero-order valence-corrected chi connectivity index (χ0v) is 29.4. The van der Waals surface area contributed by atoms with Gasteiger partial charge in [0.25, 0.3) is 6.71 Å². The summed E-state index contributed by atoms with van der Waals surface area (Å²) in [5.41, 5.74) is 19.6. The van der Waals surface area contributed by atoms with Gasteiger partial charge in [-0.3, -0.25) is 0 Å². The van der Waals surface area contributed by atoms with Crippen LogP contribution in [0.3, 0.4) is 0 Å². The lowest BCUT2D eigenvalue weighted by atomic mass is 9.33. The molecule has 4 heteroatoms. The molecule has 4 heterocycles. The van der Waals surface area contributed by atoms with Crippen molar-refractivity contribution in [2.75, 3.05) is 9.80 Å². The molecule has 0 saturated carbocycles. The van der Waals surface area contributed by atoms with Crippen molar-refractivity contribution < 1.29 is 0 Å². The average Bonchev–Trinajstić information content (AvgIpc) is 3.42. The quantitative estimate of drug-likeness (QED) is 0.167. The molecule has 0 spiro atoms. The Morgan fingerprint density at radius 2 is 1.16 bits per heavy atom. The summed E-state index contributed by atoms with van der Waals surface area (Å²) >= 11 is 0. The molecule has 0 fully saturated rings. The van der Waals surface area contributed by atoms with Crippen LogP contribution in [-0.2, 0) is 10.8 Å². The highest BCUT2D eigenvalue weighted by molar-refractivity contribution is 7.00. The molecule has 0 N–H and O–H groups in total. The van der Waals surface area contributed by atoms with Gasteiger partial charge in [-0.15, -0.1) is 0 Å². The second kappa shape index (κ2) is 9.48. The van der Waals surface area contributed by atoms with Crippen molar-refractivity contribution in [3.63, 3.8) is 0 Å². The molecule has 3 nitrogen and oxygen atoms in total. The summed E-state index contributed by atoms with van der Waals surface area (Å²) in [5, 5.41) is 2.60. The molecule has 0 aliphatic carbocycles. The minimum absolute atomic E-state index is 0.0238. The van der Waals surface area contributed by atoms with Crippen LogP contribution >= 0.6 is 0 Å². The highest BCUT2D eigenvalue weighted by Crippen LogP contribution is 2.52. The van der Waals surface area contributed by atoms with Crippen LogP contribution in [0.15, 0.2) is 115 Å². The van der Waals surface area contributed by atoms with Gasteiger partial charge < -0.3 is 14.4 Å². The summed E-state index contributed by atoms with van der Waals surface area (Å²) in [5.74, 6) is 0. The van der Waals surface area contributed by atoms with E-state index in [-0.39, 0.29) is 17.5 Å². The number of anilines is 6. The monoisotopic (exact) mass is 633 g/mol. The highest BCUT2D eigenvalue weighted by atomic mass is 15.2. The lowest BCUT2D eigenvalue weighted by Gasteiger charge is -2.46. The molecule has 49 heavy (non-hydrogen) atoms. The SMILES string of the molecule is Cc1cc2c3c(c1)N1c4c(cccc4-n4c5ccccc5c5cccc1c54)B3c1cc(C(C)(C)C)ccc1N2c1ccc(C(C)(C)C)cc1. The van der Waals surface area contributed by atoms with Crippen molar-refractivity contribution in [3.8, 4) is 5.69 Å². The van der Waals surface area contributed by atoms with E-state index in [1.54, 1.807) is 0 Å². The maximum Gasteiger partial charge on any atom is 0.252 e. The topological polar surface area (TPSA) is 11.4 Å². The van der Waals surface area contributed by atoms with Crippen LogP contribution in [0.5, 0.6) is 0 Å². The van der Waals surface area contributed by atoms with E-state index >= 15 is 0 Å². The van der Waals surface area contributed by atoms with Gasteiger partial charge in [0.05, 0.1) is 28.1 Å². The largest absolute Gasteiger partial charge is 0.311 e. The Hall–Kier alpha value is -5.22. The van der Waals surface area contributed by atoms with Gasteiger partial charge in [0, 0.05) is 33.5 Å². The first-order chi connectivity index (χ1) is 23.5. The van der Waals surface area contributed by atoms with Gasteiger partial charge in [0.2, 0.25) is 0 Å². The molecular weight excluding hydrogens is 593 g/mol. The van der Waals surface area contributed by atoms with E-state index in [1.165, 1.54) is 94.7 Å². The summed E-state index contributed by atoms with van der Waals surface area (Å²) in [6, 6.07) is 44.1. The van der Waals surface area contributed by atoms with Crippen LogP contribution in [0.4, 0.5) is 34.1 Å². The fraction of sp³-hybridized carbons (Fsp3) is 0.200. The van der Waals surface area contributed by atoms with Crippen LogP contribution < -0.4 is 26.2 Å². The lowest BCUT2D eigenvalue weighted by molar-refractivity contribution is 0.590. The summed E-state index contributed by atoms with van der Waals surface area (Å²) in [4.78, 5) is 5.13. The Balaban J connectivity index is 1.33. The number of rotatable bonds is 1. The van der Waals surface area contributed by atoms with E-state index in [1.807, 2.05) is 0 Å². The van der Waals surface area contributed by atoms with Gasteiger partial charge in [0.1, 0.15) is 0 Å². The minimum atomic E-state index is 0.0238. The van der Waals surface area contributed by atoms with E-state index in [4.69, 9.17) is 0 Å². The molecule has 3 aliphatic rings. The summed E-state index contributed by atoms with van der Waals surface area (Å²) in [7, 11) is 0. The maximum atomic E-state index is 2.59. The first-order valence-electron chi connectivity index (χ1n) is 17.7. The number of aromatic nitrogens is 1. The second-order valence-corrected chi connectivity index (χ2v) is 16.4. The van der Waals surface area contributed by atoms with Crippen molar-refractivity contribution in [2.24, 2.45) is 0 Å². The van der Waals surface area contributed by atoms with Crippen molar-refractivity contribution in [2.45, 2.75) is 59.3 Å². The molecule has 6 aromatic carbocycles. The van der Waals surface area contributed by atoms with Crippen LogP contribution in [-0.4, -0.2) is 11.3 Å². The van der Waals surface area contributed by atoms with Crippen molar-refractivity contribution in [1.82, 2.24) is 4.57 Å². The van der Waals surface area contributed by atoms with Gasteiger partial charge in [-0.2, -0.15) is 0 Å². The predicted molar refractivity (Wildman–Crippen MR) is 210 cm³/mol. The molecule has 0 radical (unpaired) electrons. The van der Waals surface area contributed by atoms with E-state index in [9.17, 15) is 0 Å². The van der Waals surface area contributed by atoms with Crippen molar-refractivity contribution in [3.05, 3.63) is 132 Å². The van der Waals surface area contributed by atoms with Gasteiger partial charge in [-0.1, -0.05) is 108 Å². The fourth-order valence-electron chi connectivity index (χ4n) is 8.89. The number of aryl methyl sites for hydroxylation is 1. The molecule has 10 rings (SSSR count). The van der Waals surface area contributed by atoms with Crippen molar-refractivity contribution in [1.29, 1.82) is 0 Å². The third-order valence-corrected chi connectivity index (χ3v) is 11.2. The average molecular weight is 634 g/mol. The molecule has 0 saturated heterocycles. The summed E-state index contributed by atoms with van der Waals surface area (Å²) in [6.45, 7) is 16.2. The highest BCUT2D eigenvalue weighted by Gasteiger charge is 2.46. The first-order valence-corrected chi connectivity index (χ1v) is 17.7. The third kappa shape index (κ3) is 3.80. The molecule has 0 unspecified atom stereocenters. The number of hydrogen-bond donors (Lipinski definition) is 0. The van der Waals surface area contributed by atoms with Crippen LogP contribution in [0.1, 0.15) is 58.2 Å². The number of para-hydroxylation sites is 3. The molecule has 1 aromatic heterocycles. The smallest absolute Gasteiger partial charge is 0.252 e. The van der Waals surface area contributed by atoms with Gasteiger partial charge in [0.15, 0.2) is 0 Å². The van der Waals surface area contributed by atoms with Crippen LogP contribution in [0.2, 0.25) is 0 Å². The fourth-order valence-corrected chi connectivity index (χ4v) is 8.89. The Morgan fingerprint density at radius 3 is 1.92 bits per heavy atom. The molecular formula is C45H40BN3. The van der Waals surface area contributed by atoms with Crippen LogP contribution in [0.25, 0.3) is 27.5 Å². The molecule has 238 valence electrons. The normalized spacial score (nSPS) is 14.3. The minimum Gasteiger partial charge on any atom is -0.311 e. The number of nitrogens with zero attached hydrogens (tertiary/aromatic N) is 3. The molecule has 0 atom stereocenters. The first kappa shape index (κ1) is 28.8. The summed E-state index contributed by atoms with van der Waals surface area (Å²) in [6.07, 6.45) is 0. The summed E-state index contributed by atoms with van der Waals surface area (Å²) < 4.78 is 2.52. The maximum absolute atomic E-state index is 2.59. The molecule has 0 amide bonds. The number of benzene rings is 6. The van der Waals surface area contributed by atoms with E-state index in [0.29, 0.717) is 0 Å². The van der Waals surface area contributed by atoms with Crippen LogP contribution in [0, 0.1) is 6.92 Å². The van der Waals surface area contributed by atoms with Gasteiger partial charge in [-0.05, 0) is 99.4 Å². The zero-order chi connectivity index (χ0) is 33.6. The Labute approximate surface area is 289 Å². The Morgan fingerprint density at radius 1 is 0.510 bits per heavy atom. The Kier molecular flexibility index (Phi) is 5.56. The van der Waals surface area contributed by atoms with Crippen molar-refractivity contribution >= 4 is 79.0 Å². The van der Waals surface area contributed by atoms with Gasteiger partial charge in [-0.25, -0.2) is 0 Å². The van der Waals surface area contributed by atoms with E-state index in [2.05, 4.69) is 178 Å². The number of hydrogen-bond acceptors (Lipinski definition) is 2. The molecule has 7 aromatic rings. The lowest BCUT2D eigenvalue weighted by Crippen LogP contribution is -2.62. The van der Waals surface area contributed by atoms with E-state index in [0.717, 1.165) is 0 Å².